The maximum Gasteiger partial charge on any atom is 0.311 e. The summed E-state index contributed by atoms with van der Waals surface area (Å²) in [6, 6.07) is 15.8. The van der Waals surface area contributed by atoms with E-state index in [0.717, 1.165) is 17.7 Å². The van der Waals surface area contributed by atoms with Crippen molar-refractivity contribution in [2.75, 3.05) is 7.11 Å². The number of methoxy groups -OCH3 is 1. The highest BCUT2D eigenvalue weighted by Crippen LogP contribution is 2.33. The van der Waals surface area contributed by atoms with E-state index in [1.54, 1.807) is 7.11 Å². The summed E-state index contributed by atoms with van der Waals surface area (Å²) in [5.41, 5.74) is 2.23. The predicted molar refractivity (Wildman–Crippen MR) is 92.1 cm³/mol. The first-order chi connectivity index (χ1) is 11.0. The molecule has 0 aliphatic rings. The Balaban J connectivity index is 2.17. The number of benzene rings is 2. The van der Waals surface area contributed by atoms with Crippen LogP contribution >= 0.6 is 0 Å². The van der Waals surface area contributed by atoms with Crippen molar-refractivity contribution >= 4 is 5.97 Å². The Bertz CT molecular complexity index is 640. The van der Waals surface area contributed by atoms with E-state index < -0.39 is 0 Å². The average molecular weight is 312 g/mol. The van der Waals surface area contributed by atoms with Crippen LogP contribution in [0.5, 0.6) is 11.5 Å². The van der Waals surface area contributed by atoms with Crippen LogP contribution in [-0.2, 0) is 10.2 Å². The fourth-order valence-electron chi connectivity index (χ4n) is 2.50. The van der Waals surface area contributed by atoms with Gasteiger partial charge >= 0.3 is 5.97 Å². The lowest BCUT2D eigenvalue weighted by Crippen LogP contribution is -2.18. The van der Waals surface area contributed by atoms with Crippen LogP contribution in [0.2, 0.25) is 0 Å². The molecule has 3 heteroatoms. The van der Waals surface area contributed by atoms with Crippen molar-refractivity contribution in [1.29, 1.82) is 0 Å². The van der Waals surface area contributed by atoms with Crippen molar-refractivity contribution in [3.8, 4) is 11.5 Å². The topological polar surface area (TPSA) is 35.5 Å². The molecule has 0 radical (unpaired) electrons. The minimum atomic E-state index is -0.185. The van der Waals surface area contributed by atoms with Gasteiger partial charge in [0.25, 0.3) is 0 Å². The van der Waals surface area contributed by atoms with Crippen LogP contribution in [0.25, 0.3) is 0 Å². The summed E-state index contributed by atoms with van der Waals surface area (Å²) in [5.74, 6) is 1.26. The largest absolute Gasteiger partial charge is 0.497 e. The molecule has 2 aromatic rings. The third-order valence-electron chi connectivity index (χ3n) is 4.07. The third kappa shape index (κ3) is 4.13. The van der Waals surface area contributed by atoms with Crippen LogP contribution < -0.4 is 9.47 Å². The Morgan fingerprint density at radius 2 is 1.39 bits per heavy atom. The molecule has 0 spiro atoms. The number of hydrogen-bond donors (Lipinski definition) is 0. The van der Waals surface area contributed by atoms with Gasteiger partial charge in [-0.05, 0) is 41.8 Å². The molecule has 3 nitrogen and oxygen atoms in total. The van der Waals surface area contributed by atoms with Crippen LogP contribution in [0, 0.1) is 0 Å². The monoisotopic (exact) mass is 312 g/mol. The van der Waals surface area contributed by atoms with Crippen LogP contribution in [0.15, 0.2) is 48.5 Å². The number of hydrogen-bond acceptors (Lipinski definition) is 3. The third-order valence-corrected chi connectivity index (χ3v) is 4.07. The second-order valence-corrected chi connectivity index (χ2v) is 6.10. The maximum absolute atomic E-state index is 11.5. The Morgan fingerprint density at radius 3 is 1.83 bits per heavy atom. The van der Waals surface area contributed by atoms with Crippen molar-refractivity contribution in [1.82, 2.24) is 0 Å². The van der Waals surface area contributed by atoms with E-state index in [1.807, 2.05) is 43.3 Å². The first-order valence-electron chi connectivity index (χ1n) is 7.93. The van der Waals surface area contributed by atoms with Gasteiger partial charge in [0, 0.05) is 11.8 Å². The molecule has 23 heavy (non-hydrogen) atoms. The zero-order chi connectivity index (χ0) is 16.9. The Morgan fingerprint density at radius 1 is 0.913 bits per heavy atom. The number of carbonyl (C=O) groups excluding carboxylic acids is 1. The van der Waals surface area contributed by atoms with Crippen molar-refractivity contribution in [2.45, 2.75) is 39.0 Å². The quantitative estimate of drug-likeness (QED) is 0.571. The number of esters is 1. The van der Waals surface area contributed by atoms with E-state index in [0.29, 0.717) is 12.2 Å². The molecule has 0 heterocycles. The zero-order valence-electron chi connectivity index (χ0n) is 14.3. The first kappa shape index (κ1) is 17.1. The predicted octanol–water partition coefficient (Wildman–Crippen LogP) is 4.73. The molecule has 0 aliphatic carbocycles. The summed E-state index contributed by atoms with van der Waals surface area (Å²) in [4.78, 5) is 11.5. The van der Waals surface area contributed by atoms with Crippen molar-refractivity contribution in [3.63, 3.8) is 0 Å². The average Bonchev–Trinajstić information content (AvgIpc) is 2.55. The Hall–Kier alpha value is -2.29. The van der Waals surface area contributed by atoms with E-state index >= 15 is 0 Å². The second kappa shape index (κ2) is 7.32. The molecule has 0 unspecified atom stereocenters. The molecule has 0 fully saturated rings. The van der Waals surface area contributed by atoms with E-state index in [-0.39, 0.29) is 11.4 Å². The number of ether oxygens (including phenoxy) is 2. The zero-order valence-corrected chi connectivity index (χ0v) is 14.3. The summed E-state index contributed by atoms with van der Waals surface area (Å²) in [7, 11) is 1.67. The van der Waals surface area contributed by atoms with Crippen LogP contribution in [-0.4, -0.2) is 13.1 Å². The summed E-state index contributed by atoms with van der Waals surface area (Å²) >= 11 is 0. The molecule has 2 aromatic carbocycles. The fourth-order valence-corrected chi connectivity index (χ4v) is 2.50. The lowest BCUT2D eigenvalue weighted by atomic mass is 9.78. The molecule has 2 rings (SSSR count). The summed E-state index contributed by atoms with van der Waals surface area (Å²) in [6.07, 6.45) is 1.24. The Labute approximate surface area is 138 Å². The SMILES string of the molecule is CCCC(=O)Oc1ccc(C(C)(C)c2ccc(OC)cc2)cc1. The second-order valence-electron chi connectivity index (χ2n) is 6.10. The summed E-state index contributed by atoms with van der Waals surface area (Å²) < 4.78 is 10.5. The van der Waals surface area contributed by atoms with Crippen LogP contribution in [0.4, 0.5) is 0 Å². The van der Waals surface area contributed by atoms with Crippen LogP contribution in [0.3, 0.4) is 0 Å². The van der Waals surface area contributed by atoms with Gasteiger partial charge in [-0.1, -0.05) is 45.0 Å². The van der Waals surface area contributed by atoms with Gasteiger partial charge < -0.3 is 9.47 Å². The highest BCUT2D eigenvalue weighted by atomic mass is 16.5. The maximum atomic E-state index is 11.5. The smallest absolute Gasteiger partial charge is 0.311 e. The molecule has 0 saturated heterocycles. The van der Waals surface area contributed by atoms with E-state index in [2.05, 4.69) is 26.0 Å². The number of rotatable bonds is 6. The van der Waals surface area contributed by atoms with Gasteiger partial charge in [0.2, 0.25) is 0 Å². The number of carbonyl (C=O) groups is 1. The van der Waals surface area contributed by atoms with Gasteiger partial charge in [-0.15, -0.1) is 0 Å². The highest BCUT2D eigenvalue weighted by Gasteiger charge is 2.23. The molecule has 122 valence electrons. The molecular weight excluding hydrogens is 288 g/mol. The van der Waals surface area contributed by atoms with Crippen molar-refractivity contribution in [3.05, 3.63) is 59.7 Å². The Kier molecular flexibility index (Phi) is 5.43. The molecule has 0 saturated carbocycles. The highest BCUT2D eigenvalue weighted by molar-refractivity contribution is 5.72. The molecule has 0 aliphatic heterocycles. The van der Waals surface area contributed by atoms with Gasteiger partial charge in [-0.2, -0.15) is 0 Å². The van der Waals surface area contributed by atoms with Crippen molar-refractivity contribution < 1.29 is 14.3 Å². The van der Waals surface area contributed by atoms with Crippen LogP contribution in [0.1, 0.15) is 44.7 Å². The standard InChI is InChI=1S/C20H24O3/c1-5-6-19(21)23-18-13-9-16(10-14-18)20(2,3)15-7-11-17(22-4)12-8-15/h7-14H,5-6H2,1-4H3. The van der Waals surface area contributed by atoms with Crippen molar-refractivity contribution in [2.24, 2.45) is 0 Å². The summed E-state index contributed by atoms with van der Waals surface area (Å²) in [6.45, 7) is 6.31. The van der Waals surface area contributed by atoms with E-state index in [1.165, 1.54) is 5.56 Å². The first-order valence-corrected chi connectivity index (χ1v) is 7.93. The normalized spacial score (nSPS) is 11.1. The molecule has 0 aromatic heterocycles. The van der Waals surface area contributed by atoms with Gasteiger partial charge in [-0.3, -0.25) is 4.79 Å². The minimum Gasteiger partial charge on any atom is -0.497 e. The van der Waals surface area contributed by atoms with E-state index in [4.69, 9.17) is 9.47 Å². The lowest BCUT2D eigenvalue weighted by molar-refractivity contribution is -0.134. The fraction of sp³-hybridized carbons (Fsp3) is 0.350. The van der Waals surface area contributed by atoms with E-state index in [9.17, 15) is 4.79 Å². The molecule has 0 atom stereocenters. The summed E-state index contributed by atoms with van der Waals surface area (Å²) in [5, 5.41) is 0. The van der Waals surface area contributed by atoms with Gasteiger partial charge in [0.1, 0.15) is 11.5 Å². The molecule has 0 amide bonds. The van der Waals surface area contributed by atoms with Gasteiger partial charge in [0.05, 0.1) is 7.11 Å². The lowest BCUT2D eigenvalue weighted by Gasteiger charge is -2.26. The molecule has 0 bridgehead atoms. The van der Waals surface area contributed by atoms with Gasteiger partial charge in [0.15, 0.2) is 0 Å². The molecule has 0 N–H and O–H groups in total. The molecular formula is C20H24O3. The van der Waals surface area contributed by atoms with Gasteiger partial charge in [-0.25, -0.2) is 0 Å². The minimum absolute atomic E-state index is 0.141.